The van der Waals surface area contributed by atoms with Crippen LogP contribution in [-0.2, 0) is 16.1 Å². The van der Waals surface area contributed by atoms with Crippen LogP contribution < -0.4 is 5.32 Å². The Morgan fingerprint density at radius 2 is 2.32 bits per heavy atom. The number of rotatable bonds is 4. The van der Waals surface area contributed by atoms with Gasteiger partial charge in [-0.25, -0.2) is 0 Å². The molecular weight excluding hydrogens is 246 g/mol. The Labute approximate surface area is 112 Å². The Morgan fingerprint density at radius 3 is 2.84 bits per heavy atom. The molecule has 3 atom stereocenters. The highest BCUT2D eigenvalue weighted by molar-refractivity contribution is 5.76. The molecule has 0 saturated heterocycles. The van der Waals surface area contributed by atoms with E-state index in [2.05, 4.69) is 10.4 Å². The van der Waals surface area contributed by atoms with E-state index in [1.807, 2.05) is 19.9 Å². The number of hydrogen-bond acceptors (Lipinski definition) is 4. The first-order valence-corrected chi connectivity index (χ1v) is 6.52. The van der Waals surface area contributed by atoms with Gasteiger partial charge in [-0.15, -0.1) is 0 Å². The predicted molar refractivity (Wildman–Crippen MR) is 69.7 cm³/mol. The molecule has 0 aromatic carbocycles. The normalized spacial score (nSPS) is 26.6. The Kier molecular flexibility index (Phi) is 4.21. The molecule has 0 aliphatic heterocycles. The lowest BCUT2D eigenvalue weighted by molar-refractivity contribution is -0.123. The molecule has 1 saturated carbocycles. The molecule has 0 bridgehead atoms. The minimum absolute atomic E-state index is 0.132. The van der Waals surface area contributed by atoms with Gasteiger partial charge >= 0.3 is 0 Å². The molecule has 1 aromatic rings. The molecule has 6 nitrogen and oxygen atoms in total. The lowest BCUT2D eigenvalue weighted by Gasteiger charge is -2.19. The maximum atomic E-state index is 11.9. The fraction of sp³-hybridized carbons (Fsp3) is 0.692. The fourth-order valence-electron chi connectivity index (χ4n) is 2.58. The van der Waals surface area contributed by atoms with Crippen LogP contribution in [-0.4, -0.2) is 46.2 Å². The molecule has 106 valence electrons. The number of amides is 1. The standard InChI is InChI=1S/C13H21N3O3/c1-8-6-9(2)16(15-8)7-12(17)14-10-4-5-11(19-3)13(10)18/h6,10-11,13,18H,4-5,7H2,1-3H3,(H,14,17)/t10-,11-,13-/m1/s1. The van der Waals surface area contributed by atoms with Crippen molar-refractivity contribution in [1.82, 2.24) is 15.1 Å². The van der Waals surface area contributed by atoms with Crippen molar-refractivity contribution in [2.75, 3.05) is 7.11 Å². The molecule has 0 radical (unpaired) electrons. The minimum atomic E-state index is -0.630. The number of aliphatic hydroxyl groups is 1. The molecule has 1 aromatic heterocycles. The summed E-state index contributed by atoms with van der Waals surface area (Å²) in [5.74, 6) is -0.132. The van der Waals surface area contributed by atoms with Crippen molar-refractivity contribution in [1.29, 1.82) is 0 Å². The summed E-state index contributed by atoms with van der Waals surface area (Å²) in [5, 5.41) is 17.1. The van der Waals surface area contributed by atoms with E-state index < -0.39 is 6.10 Å². The van der Waals surface area contributed by atoms with E-state index in [9.17, 15) is 9.90 Å². The van der Waals surface area contributed by atoms with E-state index in [4.69, 9.17) is 4.74 Å². The Bertz CT molecular complexity index is 458. The number of carbonyl (C=O) groups is 1. The second-order valence-electron chi connectivity index (χ2n) is 5.10. The summed E-state index contributed by atoms with van der Waals surface area (Å²) >= 11 is 0. The van der Waals surface area contributed by atoms with Gasteiger partial charge in [0, 0.05) is 12.8 Å². The van der Waals surface area contributed by atoms with Crippen molar-refractivity contribution in [2.24, 2.45) is 0 Å². The molecule has 6 heteroatoms. The summed E-state index contributed by atoms with van der Waals surface area (Å²) in [6.45, 7) is 3.99. The monoisotopic (exact) mass is 267 g/mol. The molecule has 0 spiro atoms. The van der Waals surface area contributed by atoms with Crippen LogP contribution in [0.25, 0.3) is 0 Å². The molecule has 2 rings (SSSR count). The van der Waals surface area contributed by atoms with E-state index in [0.717, 1.165) is 24.2 Å². The van der Waals surface area contributed by atoms with Crippen LogP contribution in [0.5, 0.6) is 0 Å². The van der Waals surface area contributed by atoms with Crippen LogP contribution in [0.1, 0.15) is 24.2 Å². The number of aliphatic hydroxyl groups excluding tert-OH is 1. The maximum absolute atomic E-state index is 11.9. The number of methoxy groups -OCH3 is 1. The van der Waals surface area contributed by atoms with E-state index in [1.54, 1.807) is 11.8 Å². The van der Waals surface area contributed by atoms with Crippen LogP contribution >= 0.6 is 0 Å². The Hall–Kier alpha value is -1.40. The molecule has 1 amide bonds. The van der Waals surface area contributed by atoms with Gasteiger partial charge < -0.3 is 15.2 Å². The summed E-state index contributed by atoms with van der Waals surface area (Å²) in [6.07, 6.45) is 0.693. The number of nitrogens with zero attached hydrogens (tertiary/aromatic N) is 2. The number of aryl methyl sites for hydroxylation is 2. The molecule has 1 fully saturated rings. The maximum Gasteiger partial charge on any atom is 0.242 e. The van der Waals surface area contributed by atoms with Crippen LogP contribution in [0.3, 0.4) is 0 Å². The van der Waals surface area contributed by atoms with Gasteiger partial charge in [0.2, 0.25) is 5.91 Å². The zero-order valence-electron chi connectivity index (χ0n) is 11.6. The topological polar surface area (TPSA) is 76.4 Å². The van der Waals surface area contributed by atoms with Gasteiger partial charge in [-0.2, -0.15) is 5.10 Å². The first kappa shape index (κ1) is 14.0. The third-order valence-corrected chi connectivity index (χ3v) is 3.60. The average Bonchev–Trinajstić information content (AvgIpc) is 2.84. The summed E-state index contributed by atoms with van der Waals surface area (Å²) < 4.78 is 6.82. The Morgan fingerprint density at radius 1 is 1.58 bits per heavy atom. The highest BCUT2D eigenvalue weighted by Crippen LogP contribution is 2.22. The lowest BCUT2D eigenvalue weighted by Crippen LogP contribution is -2.44. The molecule has 0 unspecified atom stereocenters. The lowest BCUT2D eigenvalue weighted by atomic mass is 10.2. The quantitative estimate of drug-likeness (QED) is 0.814. The van der Waals surface area contributed by atoms with E-state index in [0.29, 0.717) is 0 Å². The van der Waals surface area contributed by atoms with Gasteiger partial charge in [0.05, 0.1) is 17.8 Å². The van der Waals surface area contributed by atoms with Crippen molar-refractivity contribution < 1.29 is 14.6 Å². The first-order valence-electron chi connectivity index (χ1n) is 6.52. The number of ether oxygens (including phenoxy) is 1. The average molecular weight is 267 g/mol. The van der Waals surface area contributed by atoms with E-state index in [-0.39, 0.29) is 24.6 Å². The van der Waals surface area contributed by atoms with Crippen molar-refractivity contribution in [3.63, 3.8) is 0 Å². The largest absolute Gasteiger partial charge is 0.388 e. The van der Waals surface area contributed by atoms with Crippen LogP contribution in [0.2, 0.25) is 0 Å². The highest BCUT2D eigenvalue weighted by Gasteiger charge is 2.35. The van der Waals surface area contributed by atoms with Crippen LogP contribution in [0.15, 0.2) is 6.07 Å². The molecule has 1 heterocycles. The smallest absolute Gasteiger partial charge is 0.242 e. The zero-order chi connectivity index (χ0) is 14.0. The SMILES string of the molecule is CO[C@@H]1CC[C@@H](NC(=O)Cn2nc(C)cc2C)[C@H]1O. The van der Waals surface area contributed by atoms with E-state index in [1.165, 1.54) is 0 Å². The summed E-state index contributed by atoms with van der Waals surface area (Å²) in [6, 6.07) is 1.70. The van der Waals surface area contributed by atoms with Gasteiger partial charge in [-0.3, -0.25) is 9.48 Å². The van der Waals surface area contributed by atoms with Crippen molar-refractivity contribution in [3.05, 3.63) is 17.5 Å². The van der Waals surface area contributed by atoms with Gasteiger partial charge in [0.1, 0.15) is 12.6 Å². The third kappa shape index (κ3) is 3.13. The highest BCUT2D eigenvalue weighted by atomic mass is 16.5. The third-order valence-electron chi connectivity index (χ3n) is 3.60. The summed E-state index contributed by atoms with van der Waals surface area (Å²) in [7, 11) is 1.58. The summed E-state index contributed by atoms with van der Waals surface area (Å²) in [5.41, 5.74) is 1.85. The van der Waals surface area contributed by atoms with Gasteiger partial charge in [0.25, 0.3) is 0 Å². The number of carbonyl (C=O) groups excluding carboxylic acids is 1. The predicted octanol–water partition coefficient (Wildman–Crippen LogP) is 0.154. The molecule has 2 N–H and O–H groups in total. The molecule has 19 heavy (non-hydrogen) atoms. The fourth-order valence-corrected chi connectivity index (χ4v) is 2.58. The number of nitrogens with one attached hydrogen (secondary N) is 1. The minimum Gasteiger partial charge on any atom is -0.388 e. The van der Waals surface area contributed by atoms with Crippen LogP contribution in [0, 0.1) is 13.8 Å². The first-order chi connectivity index (χ1) is 9.01. The van der Waals surface area contributed by atoms with Gasteiger partial charge in [0.15, 0.2) is 0 Å². The van der Waals surface area contributed by atoms with Crippen molar-refractivity contribution in [3.8, 4) is 0 Å². The Balaban J connectivity index is 1.90. The number of aromatic nitrogens is 2. The molecule has 1 aliphatic carbocycles. The second-order valence-corrected chi connectivity index (χ2v) is 5.10. The van der Waals surface area contributed by atoms with Crippen molar-refractivity contribution in [2.45, 2.75) is 51.5 Å². The van der Waals surface area contributed by atoms with Gasteiger partial charge in [-0.05, 0) is 32.8 Å². The zero-order valence-corrected chi connectivity index (χ0v) is 11.6. The van der Waals surface area contributed by atoms with Crippen LogP contribution in [0.4, 0.5) is 0 Å². The summed E-state index contributed by atoms with van der Waals surface area (Å²) in [4.78, 5) is 11.9. The molecule has 1 aliphatic rings. The number of hydrogen-bond donors (Lipinski definition) is 2. The van der Waals surface area contributed by atoms with Crippen molar-refractivity contribution >= 4 is 5.91 Å². The second kappa shape index (κ2) is 5.71. The van der Waals surface area contributed by atoms with E-state index >= 15 is 0 Å². The van der Waals surface area contributed by atoms with Gasteiger partial charge in [-0.1, -0.05) is 0 Å². The molecular formula is C13H21N3O3.